The molecule has 0 aromatic heterocycles. The van der Waals surface area contributed by atoms with Crippen LogP contribution in [0.15, 0.2) is 0 Å². The lowest BCUT2D eigenvalue weighted by Gasteiger charge is -2.19. The molecule has 1 rings (SSSR count). The summed E-state index contributed by atoms with van der Waals surface area (Å²) in [6.45, 7) is 1.74. The van der Waals surface area contributed by atoms with E-state index in [4.69, 9.17) is 0 Å². The standard InChI is InChI=1S/C7H12O2/c1-7(9)4-2-3-6(7)5-8/h5-6,9H,2-4H2,1H3/t6-,7-/m0/s1. The maximum atomic E-state index is 10.3. The van der Waals surface area contributed by atoms with E-state index < -0.39 is 5.60 Å². The fourth-order valence-corrected chi connectivity index (χ4v) is 1.39. The van der Waals surface area contributed by atoms with Crippen molar-refractivity contribution in [3.63, 3.8) is 0 Å². The smallest absolute Gasteiger partial charge is 0.125 e. The highest BCUT2D eigenvalue weighted by molar-refractivity contribution is 5.56. The van der Waals surface area contributed by atoms with E-state index >= 15 is 0 Å². The van der Waals surface area contributed by atoms with E-state index in [1.807, 2.05) is 0 Å². The summed E-state index contributed by atoms with van der Waals surface area (Å²) in [4.78, 5) is 10.3. The molecule has 0 bridgehead atoms. The van der Waals surface area contributed by atoms with Gasteiger partial charge in [0.05, 0.1) is 5.60 Å². The van der Waals surface area contributed by atoms with Crippen LogP contribution in [0, 0.1) is 5.92 Å². The summed E-state index contributed by atoms with van der Waals surface area (Å²) in [5.74, 6) is -0.113. The summed E-state index contributed by atoms with van der Waals surface area (Å²) in [6, 6.07) is 0. The molecule has 0 heterocycles. The van der Waals surface area contributed by atoms with Crippen LogP contribution in [0.3, 0.4) is 0 Å². The van der Waals surface area contributed by atoms with Gasteiger partial charge in [0, 0.05) is 5.92 Å². The van der Waals surface area contributed by atoms with Gasteiger partial charge in [-0.1, -0.05) is 0 Å². The second-order valence-electron chi connectivity index (χ2n) is 2.99. The zero-order valence-corrected chi connectivity index (χ0v) is 5.63. The first-order valence-electron chi connectivity index (χ1n) is 3.34. The van der Waals surface area contributed by atoms with Crippen molar-refractivity contribution in [2.24, 2.45) is 5.92 Å². The van der Waals surface area contributed by atoms with Gasteiger partial charge in [-0.2, -0.15) is 0 Å². The van der Waals surface area contributed by atoms with Gasteiger partial charge in [0.15, 0.2) is 0 Å². The van der Waals surface area contributed by atoms with Crippen LogP contribution in [-0.2, 0) is 4.79 Å². The topological polar surface area (TPSA) is 37.3 Å². The number of hydrogen-bond acceptors (Lipinski definition) is 2. The monoisotopic (exact) mass is 128 g/mol. The third kappa shape index (κ3) is 1.13. The molecule has 0 saturated heterocycles. The van der Waals surface area contributed by atoms with Gasteiger partial charge in [-0.15, -0.1) is 0 Å². The highest BCUT2D eigenvalue weighted by Gasteiger charge is 2.36. The van der Waals surface area contributed by atoms with Crippen LogP contribution in [0.25, 0.3) is 0 Å². The van der Waals surface area contributed by atoms with Crippen molar-refractivity contribution >= 4 is 6.29 Å². The molecule has 1 fully saturated rings. The Balaban J connectivity index is 2.62. The molecule has 52 valence electrons. The van der Waals surface area contributed by atoms with E-state index in [0.29, 0.717) is 0 Å². The lowest BCUT2D eigenvalue weighted by atomic mass is 9.95. The van der Waals surface area contributed by atoms with Crippen LogP contribution >= 0.6 is 0 Å². The Kier molecular flexibility index (Phi) is 1.58. The minimum absolute atomic E-state index is 0.113. The Bertz CT molecular complexity index is 118. The van der Waals surface area contributed by atoms with Crippen molar-refractivity contribution in [2.75, 3.05) is 0 Å². The molecule has 2 atom stereocenters. The Hall–Kier alpha value is -0.370. The Morgan fingerprint density at radius 3 is 2.67 bits per heavy atom. The molecule has 9 heavy (non-hydrogen) atoms. The van der Waals surface area contributed by atoms with Gasteiger partial charge in [-0.25, -0.2) is 0 Å². The summed E-state index contributed by atoms with van der Waals surface area (Å²) in [7, 11) is 0. The van der Waals surface area contributed by atoms with Crippen LogP contribution < -0.4 is 0 Å². The molecule has 1 aliphatic carbocycles. The lowest BCUT2D eigenvalue weighted by Crippen LogP contribution is -2.29. The minimum Gasteiger partial charge on any atom is -0.389 e. The van der Waals surface area contributed by atoms with E-state index in [2.05, 4.69) is 0 Å². The molecule has 1 N–H and O–H groups in total. The molecule has 0 spiro atoms. The third-order valence-electron chi connectivity index (χ3n) is 2.16. The number of aldehydes is 1. The summed E-state index contributed by atoms with van der Waals surface area (Å²) < 4.78 is 0. The van der Waals surface area contributed by atoms with Gasteiger partial charge in [-0.3, -0.25) is 0 Å². The van der Waals surface area contributed by atoms with Crippen LogP contribution in [0.4, 0.5) is 0 Å². The van der Waals surface area contributed by atoms with Crippen molar-refractivity contribution in [1.82, 2.24) is 0 Å². The molecule has 0 aromatic rings. The average molecular weight is 128 g/mol. The van der Waals surface area contributed by atoms with Gasteiger partial charge in [0.1, 0.15) is 6.29 Å². The third-order valence-corrected chi connectivity index (χ3v) is 2.16. The van der Waals surface area contributed by atoms with Crippen molar-refractivity contribution in [3.8, 4) is 0 Å². The van der Waals surface area contributed by atoms with Crippen molar-refractivity contribution in [2.45, 2.75) is 31.8 Å². The fourth-order valence-electron chi connectivity index (χ4n) is 1.39. The van der Waals surface area contributed by atoms with E-state index in [0.717, 1.165) is 25.5 Å². The first-order valence-corrected chi connectivity index (χ1v) is 3.34. The summed E-state index contributed by atoms with van der Waals surface area (Å²) in [5.41, 5.74) is -0.707. The summed E-state index contributed by atoms with van der Waals surface area (Å²) in [5, 5.41) is 9.42. The maximum absolute atomic E-state index is 10.3. The lowest BCUT2D eigenvalue weighted by molar-refractivity contribution is -0.116. The van der Waals surface area contributed by atoms with E-state index in [1.54, 1.807) is 6.92 Å². The molecular weight excluding hydrogens is 116 g/mol. The van der Waals surface area contributed by atoms with Gasteiger partial charge in [0.25, 0.3) is 0 Å². The molecule has 2 heteroatoms. The van der Waals surface area contributed by atoms with Crippen LogP contribution in [-0.4, -0.2) is 17.0 Å². The van der Waals surface area contributed by atoms with Gasteiger partial charge >= 0.3 is 0 Å². The number of carbonyl (C=O) groups excluding carboxylic acids is 1. The van der Waals surface area contributed by atoms with Crippen LogP contribution in [0.1, 0.15) is 26.2 Å². The molecule has 0 unspecified atom stereocenters. The van der Waals surface area contributed by atoms with Gasteiger partial charge < -0.3 is 9.90 Å². The number of hydrogen-bond donors (Lipinski definition) is 1. The van der Waals surface area contributed by atoms with Crippen molar-refractivity contribution in [1.29, 1.82) is 0 Å². The zero-order valence-electron chi connectivity index (χ0n) is 5.63. The second-order valence-corrected chi connectivity index (χ2v) is 2.99. The summed E-state index contributed by atoms with van der Waals surface area (Å²) >= 11 is 0. The first-order chi connectivity index (χ1) is 4.17. The Labute approximate surface area is 54.9 Å². The molecule has 0 aliphatic heterocycles. The average Bonchev–Trinajstić information content (AvgIpc) is 2.08. The van der Waals surface area contributed by atoms with Gasteiger partial charge in [0.2, 0.25) is 0 Å². The fraction of sp³-hybridized carbons (Fsp3) is 0.857. The molecule has 1 aliphatic rings. The Morgan fingerprint density at radius 1 is 1.78 bits per heavy atom. The molecule has 2 nitrogen and oxygen atoms in total. The zero-order chi connectivity index (χ0) is 6.91. The Morgan fingerprint density at radius 2 is 2.44 bits per heavy atom. The number of rotatable bonds is 1. The van der Waals surface area contributed by atoms with Crippen LogP contribution in [0.2, 0.25) is 0 Å². The van der Waals surface area contributed by atoms with E-state index in [1.165, 1.54) is 0 Å². The second kappa shape index (κ2) is 2.10. The van der Waals surface area contributed by atoms with Crippen LogP contribution in [0.5, 0.6) is 0 Å². The highest BCUT2D eigenvalue weighted by Crippen LogP contribution is 2.33. The first kappa shape index (κ1) is 6.75. The quantitative estimate of drug-likeness (QED) is 0.529. The van der Waals surface area contributed by atoms with Crippen molar-refractivity contribution in [3.05, 3.63) is 0 Å². The molecule has 0 radical (unpaired) electrons. The minimum atomic E-state index is -0.707. The SMILES string of the molecule is C[C@]1(O)CCC[C@H]1C=O. The maximum Gasteiger partial charge on any atom is 0.125 e. The predicted octanol–water partition coefficient (Wildman–Crippen LogP) is 0.736. The largest absolute Gasteiger partial charge is 0.389 e. The number of aliphatic hydroxyl groups is 1. The predicted molar refractivity (Wildman–Crippen MR) is 34.0 cm³/mol. The summed E-state index contributed by atoms with van der Waals surface area (Å²) in [6.07, 6.45) is 3.48. The number of carbonyl (C=O) groups is 1. The molecular formula is C7H12O2. The molecule has 1 saturated carbocycles. The molecule has 0 aromatic carbocycles. The van der Waals surface area contributed by atoms with E-state index in [-0.39, 0.29) is 5.92 Å². The van der Waals surface area contributed by atoms with Crippen molar-refractivity contribution < 1.29 is 9.90 Å². The van der Waals surface area contributed by atoms with E-state index in [9.17, 15) is 9.90 Å². The normalized spacial score (nSPS) is 43.1. The highest BCUT2D eigenvalue weighted by atomic mass is 16.3. The molecule has 0 amide bonds. The van der Waals surface area contributed by atoms with Gasteiger partial charge in [-0.05, 0) is 26.2 Å².